The minimum atomic E-state index is -0.0457. The second-order valence-corrected chi connectivity index (χ2v) is 12.8. The van der Waals surface area contributed by atoms with E-state index in [4.69, 9.17) is 9.98 Å². The van der Waals surface area contributed by atoms with Gasteiger partial charge in [-0.1, -0.05) is 18.7 Å². The van der Waals surface area contributed by atoms with Crippen molar-refractivity contribution >= 4 is 82.6 Å². The van der Waals surface area contributed by atoms with Crippen LogP contribution in [0.2, 0.25) is 0 Å². The number of rotatable bonds is 17. The molecule has 0 atom stereocenters. The molecule has 0 bridgehead atoms. The smallest absolute Gasteiger partial charge is 0.230 e. The Morgan fingerprint density at radius 2 is 1.34 bits per heavy atom. The number of nitrogens with zero attached hydrogens (tertiary/aromatic N) is 6. The molecule has 0 heterocycles. The summed E-state index contributed by atoms with van der Waals surface area (Å²) < 4.78 is 0. The minimum absolute atomic E-state index is 0.0457. The van der Waals surface area contributed by atoms with E-state index in [1.807, 2.05) is 79.7 Å². The number of anilines is 6. The summed E-state index contributed by atoms with van der Waals surface area (Å²) >= 11 is 8.91. The van der Waals surface area contributed by atoms with Crippen LogP contribution in [-0.4, -0.2) is 56.2 Å². The zero-order chi connectivity index (χ0) is 38.2. The van der Waals surface area contributed by atoms with Crippen LogP contribution in [0.1, 0.15) is 34.6 Å². The standard InChI is InChI=1S/C39H51N11OS2/c1-7-49(8-2)31-17-19-35(47-45-29-13-11-15-33(52)23-29)37(25-31)41-28(6)43-39(42-27(5)40-21-22-51)44-38-26-32(50(9-3)10-4)18-20-36(38)48-46-30-14-12-16-34(53)24-30/h11-20,23-26,41,45,47,51-53H,6-10,21-22H2,1-5H3,(H2,40,42,43,44). The molecule has 14 heteroatoms. The van der Waals surface area contributed by atoms with Gasteiger partial charge in [0.2, 0.25) is 5.96 Å². The number of azo groups is 1. The number of nitrogens with one attached hydrogen (secondary N) is 5. The van der Waals surface area contributed by atoms with Crippen LogP contribution < -0.4 is 36.6 Å². The maximum Gasteiger partial charge on any atom is 0.230 e. The third-order valence-corrected chi connectivity index (χ3v) is 8.62. The van der Waals surface area contributed by atoms with Gasteiger partial charge in [0.1, 0.15) is 17.3 Å². The Bertz CT molecular complexity index is 1910. The summed E-state index contributed by atoms with van der Waals surface area (Å²) in [5.41, 5.74) is 12.9. The van der Waals surface area contributed by atoms with Crippen LogP contribution in [0.3, 0.4) is 0 Å². The molecule has 4 rings (SSSR count). The summed E-state index contributed by atoms with van der Waals surface area (Å²) in [6.07, 6.45) is 0. The number of hydrogen-bond acceptors (Lipinski definition) is 11. The molecular formula is C39H51N11OS2. The van der Waals surface area contributed by atoms with Crippen molar-refractivity contribution in [3.8, 4) is 0 Å². The number of thiol groups is 2. The van der Waals surface area contributed by atoms with Gasteiger partial charge in [-0.25, -0.2) is 4.99 Å². The highest BCUT2D eigenvalue weighted by Crippen LogP contribution is 2.33. The fourth-order valence-electron chi connectivity index (χ4n) is 5.36. The second-order valence-electron chi connectivity index (χ2n) is 11.8. The molecule has 0 aliphatic heterocycles. The lowest BCUT2D eigenvalue weighted by atomic mass is 10.2. The zero-order valence-electron chi connectivity index (χ0n) is 31.1. The third-order valence-electron chi connectivity index (χ3n) is 8.06. The number of guanidine groups is 1. The van der Waals surface area contributed by atoms with Crippen LogP contribution in [0.15, 0.2) is 127 Å². The normalized spacial score (nSPS) is 11.7. The van der Waals surface area contributed by atoms with Crippen molar-refractivity contribution in [3.05, 3.63) is 97.3 Å². The fraction of sp³-hybridized carbons (Fsp3) is 0.282. The summed E-state index contributed by atoms with van der Waals surface area (Å²) in [7, 11) is 0. The summed E-state index contributed by atoms with van der Waals surface area (Å²) in [6, 6.07) is 27.3. The molecule has 0 aromatic heterocycles. The average molecular weight is 754 g/mol. The lowest BCUT2D eigenvalue weighted by molar-refractivity contribution is 0.300. The highest BCUT2D eigenvalue weighted by atomic mass is 32.1. The van der Waals surface area contributed by atoms with E-state index < -0.39 is 0 Å². The van der Waals surface area contributed by atoms with Crippen molar-refractivity contribution in [1.29, 1.82) is 0 Å². The van der Waals surface area contributed by atoms with E-state index in [1.54, 1.807) is 0 Å². The predicted octanol–water partition coefficient (Wildman–Crippen LogP) is 9.16. The van der Waals surface area contributed by atoms with E-state index in [-0.39, 0.29) is 12.6 Å². The molecule has 0 saturated carbocycles. The van der Waals surface area contributed by atoms with Crippen LogP contribution in [0.25, 0.3) is 0 Å². The van der Waals surface area contributed by atoms with Gasteiger partial charge in [0.05, 0.1) is 35.0 Å². The number of benzene rings is 4. The molecule has 6 N–H and O–H groups in total. The molecule has 0 aliphatic carbocycles. The quantitative estimate of drug-likeness (QED) is 0.0176. The van der Waals surface area contributed by atoms with Gasteiger partial charge in [0, 0.05) is 53.9 Å². The predicted molar refractivity (Wildman–Crippen MR) is 231 cm³/mol. The molecule has 53 heavy (non-hydrogen) atoms. The Hall–Kier alpha value is -5.18. The molecule has 0 fully saturated rings. The zero-order valence-corrected chi connectivity index (χ0v) is 32.8. The van der Waals surface area contributed by atoms with Crippen molar-refractivity contribution < 1.29 is 5.11 Å². The number of aliphatic imine (C=N–C) groups is 2. The van der Waals surface area contributed by atoms with E-state index in [0.29, 0.717) is 35.3 Å². The monoisotopic (exact) mass is 753 g/mol. The lowest BCUT2D eigenvalue weighted by Crippen LogP contribution is -2.26. The number of hydrogen-bond donors (Lipinski definition) is 8. The summed E-state index contributed by atoms with van der Waals surface area (Å²) in [4.78, 5) is 15.7. The van der Waals surface area contributed by atoms with Crippen LogP contribution in [-0.2, 0) is 0 Å². The summed E-state index contributed by atoms with van der Waals surface area (Å²) in [5.74, 6) is 1.12. The molecule has 0 saturated heterocycles. The largest absolute Gasteiger partial charge is 0.395 e. The van der Waals surface area contributed by atoms with Gasteiger partial charge < -0.3 is 36.3 Å². The van der Waals surface area contributed by atoms with Crippen LogP contribution in [0.5, 0.6) is 0 Å². The molecule has 280 valence electrons. The maximum atomic E-state index is 9.44. The molecule has 0 amide bonds. The maximum absolute atomic E-state index is 9.44. The van der Waals surface area contributed by atoms with E-state index >= 15 is 0 Å². The summed E-state index contributed by atoms with van der Waals surface area (Å²) in [6.45, 7) is 18.2. The van der Waals surface area contributed by atoms with Crippen molar-refractivity contribution in [3.63, 3.8) is 0 Å². The van der Waals surface area contributed by atoms with Gasteiger partial charge in [0.25, 0.3) is 0 Å². The Labute approximate surface area is 324 Å². The SMILES string of the molecule is C=C(/N=C(\N=C(/C)NCCO)Nc1cc(N(CC)CC)ccc1N=Nc1cccc(S)c1)Nc1cc(N(CC)CC)ccc1NNc1cccc(S)c1. The van der Waals surface area contributed by atoms with E-state index in [9.17, 15) is 5.11 Å². The van der Waals surface area contributed by atoms with Crippen LogP contribution in [0.4, 0.5) is 45.5 Å². The molecule has 0 radical (unpaired) electrons. The Morgan fingerprint density at radius 3 is 1.98 bits per heavy atom. The van der Waals surface area contributed by atoms with Crippen molar-refractivity contribution in [2.75, 3.05) is 70.6 Å². The van der Waals surface area contributed by atoms with Gasteiger partial charge in [-0.15, -0.1) is 30.4 Å². The first-order chi connectivity index (χ1) is 25.7. The van der Waals surface area contributed by atoms with Gasteiger partial charge >= 0.3 is 0 Å². The first-order valence-corrected chi connectivity index (χ1v) is 18.6. The highest BCUT2D eigenvalue weighted by molar-refractivity contribution is 7.80. The number of aliphatic hydroxyl groups is 1. The summed E-state index contributed by atoms with van der Waals surface area (Å²) in [5, 5.41) is 28.4. The Balaban J connectivity index is 1.73. The molecule has 4 aromatic rings. The number of hydrazine groups is 1. The molecule has 0 aliphatic rings. The van der Waals surface area contributed by atoms with Crippen LogP contribution in [0, 0.1) is 0 Å². The third kappa shape index (κ3) is 12.5. The topological polar surface area (TPSA) is 136 Å². The number of amidine groups is 1. The van der Waals surface area contributed by atoms with E-state index in [2.05, 4.69) is 118 Å². The van der Waals surface area contributed by atoms with Crippen molar-refractivity contribution in [1.82, 2.24) is 5.32 Å². The molecule has 4 aromatic carbocycles. The van der Waals surface area contributed by atoms with Crippen molar-refractivity contribution in [2.45, 2.75) is 44.4 Å². The molecule has 0 unspecified atom stereocenters. The second kappa shape index (κ2) is 20.8. The minimum Gasteiger partial charge on any atom is -0.395 e. The van der Waals surface area contributed by atoms with E-state index in [0.717, 1.165) is 64.4 Å². The molecular weight excluding hydrogens is 703 g/mol. The average Bonchev–Trinajstić information content (AvgIpc) is 3.14. The van der Waals surface area contributed by atoms with Gasteiger partial charge in [-0.05, 0) is 107 Å². The Morgan fingerprint density at radius 1 is 0.698 bits per heavy atom. The van der Waals surface area contributed by atoms with Gasteiger partial charge in [-0.3, -0.25) is 5.43 Å². The fourth-order valence-corrected chi connectivity index (χ4v) is 5.81. The van der Waals surface area contributed by atoms with Crippen LogP contribution >= 0.6 is 25.3 Å². The van der Waals surface area contributed by atoms with E-state index in [1.165, 1.54) is 0 Å². The first kappa shape index (κ1) is 40.6. The highest BCUT2D eigenvalue weighted by Gasteiger charge is 2.13. The van der Waals surface area contributed by atoms with Gasteiger partial charge in [0.15, 0.2) is 0 Å². The van der Waals surface area contributed by atoms with Crippen molar-refractivity contribution in [2.24, 2.45) is 20.2 Å². The first-order valence-electron chi connectivity index (χ1n) is 17.7. The molecule has 0 spiro atoms. The molecule has 12 nitrogen and oxygen atoms in total. The Kier molecular flexibility index (Phi) is 15.9. The number of aliphatic hydroxyl groups excluding tert-OH is 1. The lowest BCUT2D eigenvalue weighted by Gasteiger charge is -2.24. The van der Waals surface area contributed by atoms with Gasteiger partial charge in [-0.2, -0.15) is 10.1 Å².